The number of hydrogen-bond donors (Lipinski definition) is 1. The Morgan fingerprint density at radius 1 is 0.680 bits per heavy atom. The van der Waals surface area contributed by atoms with Crippen LogP contribution in [-0.2, 0) is 19.5 Å². The largest absolute Gasteiger partial charge is 0.506 e. The molecule has 0 atom stereocenters. The Hall–Kier alpha value is -2.71. The van der Waals surface area contributed by atoms with Crippen LogP contribution in [0.25, 0.3) is 10.9 Å². The molecule has 0 amide bonds. The average molecular weight is 378 g/mol. The second-order valence-corrected chi connectivity index (χ2v) is 5.51. The number of nitrogens with zero attached hydrogens (tertiary/aromatic N) is 2. The zero-order chi connectivity index (χ0) is 16.4. The van der Waals surface area contributed by atoms with Crippen molar-refractivity contribution in [2.45, 2.75) is 0 Å². The van der Waals surface area contributed by atoms with E-state index < -0.39 is 0 Å². The minimum atomic E-state index is 0. The van der Waals surface area contributed by atoms with Gasteiger partial charge in [0.05, 0.1) is 5.69 Å². The number of pyridine rings is 1. The van der Waals surface area contributed by atoms with Crippen molar-refractivity contribution in [1.82, 2.24) is 4.98 Å². The number of para-hydroxylation sites is 2. The summed E-state index contributed by atoms with van der Waals surface area (Å²) >= 11 is 0. The Labute approximate surface area is 159 Å². The van der Waals surface area contributed by atoms with Crippen LogP contribution in [0.1, 0.15) is 0 Å². The Kier molecular flexibility index (Phi) is 5.11. The standard InChI is InChI=1S/C21H16N2O.Zn/c24-20-14-13-19(18-12-7-15-22-21(18)20)23(16-8-3-1-4-9-16)17-10-5-2-6-11-17;/h1-15,24H;. The fourth-order valence-corrected chi connectivity index (χ4v) is 2.92. The van der Waals surface area contributed by atoms with Gasteiger partial charge in [-0.2, -0.15) is 0 Å². The maximum absolute atomic E-state index is 10.1. The van der Waals surface area contributed by atoms with Crippen LogP contribution in [0.15, 0.2) is 91.1 Å². The number of aromatic hydroxyl groups is 1. The number of anilines is 3. The average Bonchev–Trinajstić information content (AvgIpc) is 2.66. The van der Waals surface area contributed by atoms with E-state index in [1.165, 1.54) is 0 Å². The topological polar surface area (TPSA) is 36.4 Å². The van der Waals surface area contributed by atoms with Crippen LogP contribution in [0, 0.1) is 0 Å². The van der Waals surface area contributed by atoms with Crippen molar-refractivity contribution >= 4 is 28.0 Å². The van der Waals surface area contributed by atoms with Gasteiger partial charge in [0.15, 0.2) is 0 Å². The molecule has 0 aliphatic carbocycles. The van der Waals surface area contributed by atoms with E-state index in [-0.39, 0.29) is 25.2 Å². The third-order valence-corrected chi connectivity index (χ3v) is 4.00. The third-order valence-electron chi connectivity index (χ3n) is 4.00. The normalized spacial score (nSPS) is 10.2. The fourth-order valence-electron chi connectivity index (χ4n) is 2.92. The van der Waals surface area contributed by atoms with Gasteiger partial charge in [0.2, 0.25) is 0 Å². The SMILES string of the molecule is Oc1ccc(N(c2ccccc2)c2ccccc2)c2cccnc12.[Zn]. The van der Waals surface area contributed by atoms with Crippen LogP contribution in [0.3, 0.4) is 0 Å². The van der Waals surface area contributed by atoms with E-state index >= 15 is 0 Å². The third kappa shape index (κ3) is 3.26. The number of aromatic nitrogens is 1. The molecule has 4 heteroatoms. The summed E-state index contributed by atoms with van der Waals surface area (Å²) in [6.07, 6.45) is 1.70. The summed E-state index contributed by atoms with van der Waals surface area (Å²) in [7, 11) is 0. The van der Waals surface area contributed by atoms with E-state index in [4.69, 9.17) is 0 Å². The second kappa shape index (κ2) is 7.46. The number of fused-ring (bicyclic) bond motifs is 1. The predicted molar refractivity (Wildman–Crippen MR) is 98.1 cm³/mol. The van der Waals surface area contributed by atoms with Crippen molar-refractivity contribution in [2.24, 2.45) is 0 Å². The number of hydrogen-bond acceptors (Lipinski definition) is 3. The van der Waals surface area contributed by atoms with Crippen LogP contribution >= 0.6 is 0 Å². The molecule has 0 bridgehead atoms. The number of phenolic OH excluding ortho intramolecular Hbond substituents is 1. The Morgan fingerprint density at radius 2 is 1.28 bits per heavy atom. The molecule has 25 heavy (non-hydrogen) atoms. The zero-order valence-corrected chi connectivity index (χ0v) is 16.7. The maximum Gasteiger partial charge on any atom is 0.141 e. The molecule has 0 saturated carbocycles. The van der Waals surface area contributed by atoms with Gasteiger partial charge in [0.25, 0.3) is 0 Å². The molecule has 4 aromatic rings. The molecular formula is C21H16N2OZn. The number of benzene rings is 3. The van der Waals surface area contributed by atoms with Gasteiger partial charge in [-0.3, -0.25) is 4.98 Å². The quantitative estimate of drug-likeness (QED) is 0.485. The van der Waals surface area contributed by atoms with Crippen LogP contribution in [0.4, 0.5) is 17.1 Å². The van der Waals surface area contributed by atoms with E-state index in [1.807, 2.05) is 54.6 Å². The molecule has 3 nitrogen and oxygen atoms in total. The molecule has 1 heterocycles. The first-order chi connectivity index (χ1) is 11.8. The minimum absolute atomic E-state index is 0. The molecular weight excluding hydrogens is 362 g/mol. The molecule has 0 radical (unpaired) electrons. The van der Waals surface area contributed by atoms with Crippen LogP contribution in [0.5, 0.6) is 5.75 Å². The number of rotatable bonds is 3. The molecule has 0 unspecified atom stereocenters. The van der Waals surface area contributed by atoms with Crippen LogP contribution < -0.4 is 4.90 Å². The summed E-state index contributed by atoms with van der Waals surface area (Å²) in [4.78, 5) is 6.50. The van der Waals surface area contributed by atoms with Gasteiger partial charge in [0, 0.05) is 42.4 Å². The molecule has 1 N–H and O–H groups in total. The van der Waals surface area contributed by atoms with E-state index in [1.54, 1.807) is 12.3 Å². The van der Waals surface area contributed by atoms with E-state index in [0.29, 0.717) is 5.52 Å². The Morgan fingerprint density at radius 3 is 1.88 bits per heavy atom. The molecule has 0 saturated heterocycles. The molecule has 3 aromatic carbocycles. The smallest absolute Gasteiger partial charge is 0.141 e. The maximum atomic E-state index is 10.1. The molecule has 0 spiro atoms. The molecule has 0 aliphatic rings. The van der Waals surface area contributed by atoms with Gasteiger partial charge in [0.1, 0.15) is 11.3 Å². The van der Waals surface area contributed by atoms with Crippen LogP contribution in [0.2, 0.25) is 0 Å². The van der Waals surface area contributed by atoms with E-state index in [2.05, 4.69) is 34.1 Å². The first-order valence-corrected chi connectivity index (χ1v) is 7.81. The van der Waals surface area contributed by atoms with E-state index in [9.17, 15) is 5.11 Å². The van der Waals surface area contributed by atoms with Crippen LogP contribution in [-0.4, -0.2) is 10.1 Å². The molecule has 0 aliphatic heterocycles. The summed E-state index contributed by atoms with van der Waals surface area (Å²) in [6, 6.07) is 27.9. The first-order valence-electron chi connectivity index (χ1n) is 7.81. The zero-order valence-electron chi connectivity index (χ0n) is 13.7. The fraction of sp³-hybridized carbons (Fsp3) is 0. The summed E-state index contributed by atoms with van der Waals surface area (Å²) in [5.41, 5.74) is 3.69. The van der Waals surface area contributed by atoms with Gasteiger partial charge < -0.3 is 10.0 Å². The van der Waals surface area contributed by atoms with Gasteiger partial charge in [-0.15, -0.1) is 0 Å². The predicted octanol–water partition coefficient (Wildman–Crippen LogP) is 5.41. The van der Waals surface area contributed by atoms with E-state index in [0.717, 1.165) is 22.4 Å². The molecule has 4 rings (SSSR count). The van der Waals surface area contributed by atoms with Crippen molar-refractivity contribution < 1.29 is 24.6 Å². The number of phenols is 1. The first kappa shape index (κ1) is 17.1. The summed E-state index contributed by atoms with van der Waals surface area (Å²) in [6.45, 7) is 0. The van der Waals surface area contributed by atoms with Gasteiger partial charge in [-0.25, -0.2) is 0 Å². The van der Waals surface area contributed by atoms with Crippen molar-refractivity contribution in [3.8, 4) is 5.75 Å². The van der Waals surface area contributed by atoms with Crippen molar-refractivity contribution in [1.29, 1.82) is 0 Å². The van der Waals surface area contributed by atoms with Gasteiger partial charge in [-0.05, 0) is 48.5 Å². The van der Waals surface area contributed by atoms with Gasteiger partial charge in [-0.1, -0.05) is 36.4 Å². The summed E-state index contributed by atoms with van der Waals surface area (Å²) in [5, 5.41) is 11.0. The van der Waals surface area contributed by atoms with Crippen molar-refractivity contribution in [3.63, 3.8) is 0 Å². The van der Waals surface area contributed by atoms with Gasteiger partial charge >= 0.3 is 0 Å². The Balaban J connectivity index is 0.00000182. The minimum Gasteiger partial charge on any atom is -0.506 e. The van der Waals surface area contributed by atoms with Crippen molar-refractivity contribution in [2.75, 3.05) is 4.90 Å². The monoisotopic (exact) mass is 376 g/mol. The summed E-state index contributed by atoms with van der Waals surface area (Å²) in [5.74, 6) is 0.190. The molecule has 118 valence electrons. The second-order valence-electron chi connectivity index (χ2n) is 5.51. The Bertz CT molecular complexity index is 935. The van der Waals surface area contributed by atoms with Crippen molar-refractivity contribution in [3.05, 3.63) is 91.1 Å². The summed E-state index contributed by atoms with van der Waals surface area (Å²) < 4.78 is 0. The molecule has 1 aromatic heterocycles. The molecule has 0 fully saturated rings.